The van der Waals surface area contributed by atoms with Crippen molar-refractivity contribution in [3.8, 4) is 0 Å². The van der Waals surface area contributed by atoms with Gasteiger partial charge >= 0.3 is 0 Å². The zero-order valence-corrected chi connectivity index (χ0v) is 15.1. The largest absolute Gasteiger partial charge is 0.376 e. The smallest absolute Gasteiger partial charge is 0.227 e. The lowest BCUT2D eigenvalue weighted by Gasteiger charge is -2.35. The minimum Gasteiger partial charge on any atom is -0.376 e. The molecule has 1 amide bonds. The van der Waals surface area contributed by atoms with Gasteiger partial charge in [0.2, 0.25) is 5.91 Å². The fourth-order valence-corrected chi connectivity index (χ4v) is 3.47. The second kappa shape index (κ2) is 8.30. The first kappa shape index (κ1) is 17.7. The SMILES string of the molecule is Cc1nccn1[C@@H]1CCCN(C(=O)[C@H](C)COCc2ccccc2)C1. The van der Waals surface area contributed by atoms with Gasteiger partial charge in [0.05, 0.1) is 25.2 Å². The third-order valence-electron chi connectivity index (χ3n) is 4.86. The summed E-state index contributed by atoms with van der Waals surface area (Å²) >= 11 is 0. The van der Waals surface area contributed by atoms with E-state index >= 15 is 0 Å². The normalized spacial score (nSPS) is 19.0. The molecular formula is C20H27N3O2. The molecule has 5 nitrogen and oxygen atoms in total. The third-order valence-corrected chi connectivity index (χ3v) is 4.86. The maximum Gasteiger partial charge on any atom is 0.227 e. The Kier molecular flexibility index (Phi) is 5.87. The van der Waals surface area contributed by atoms with Crippen LogP contribution in [0.15, 0.2) is 42.7 Å². The molecule has 0 bridgehead atoms. The Bertz CT molecular complexity index is 683. The van der Waals surface area contributed by atoms with Gasteiger partial charge < -0.3 is 14.2 Å². The predicted octanol–water partition coefficient (Wildman–Crippen LogP) is 3.21. The first-order chi connectivity index (χ1) is 12.1. The average molecular weight is 341 g/mol. The summed E-state index contributed by atoms with van der Waals surface area (Å²) in [5, 5.41) is 0. The lowest BCUT2D eigenvalue weighted by Crippen LogP contribution is -2.44. The fourth-order valence-electron chi connectivity index (χ4n) is 3.47. The van der Waals surface area contributed by atoms with Gasteiger partial charge in [-0.05, 0) is 25.3 Å². The van der Waals surface area contributed by atoms with E-state index in [9.17, 15) is 4.79 Å². The molecule has 25 heavy (non-hydrogen) atoms. The number of amides is 1. The summed E-state index contributed by atoms with van der Waals surface area (Å²) in [5.74, 6) is 1.08. The molecule has 134 valence electrons. The quantitative estimate of drug-likeness (QED) is 0.810. The van der Waals surface area contributed by atoms with E-state index in [0.29, 0.717) is 19.3 Å². The molecule has 0 N–H and O–H groups in total. The van der Waals surface area contributed by atoms with Crippen LogP contribution in [0.25, 0.3) is 0 Å². The zero-order valence-electron chi connectivity index (χ0n) is 15.1. The molecule has 1 aliphatic heterocycles. The van der Waals surface area contributed by atoms with Crippen LogP contribution >= 0.6 is 0 Å². The molecular weight excluding hydrogens is 314 g/mol. The highest BCUT2D eigenvalue weighted by molar-refractivity contribution is 5.78. The van der Waals surface area contributed by atoms with Gasteiger partial charge in [-0.3, -0.25) is 4.79 Å². The number of piperidine rings is 1. The van der Waals surface area contributed by atoms with E-state index in [0.717, 1.165) is 37.3 Å². The van der Waals surface area contributed by atoms with E-state index in [4.69, 9.17) is 4.74 Å². The first-order valence-corrected chi connectivity index (χ1v) is 9.05. The van der Waals surface area contributed by atoms with Crippen molar-refractivity contribution in [2.24, 2.45) is 5.92 Å². The van der Waals surface area contributed by atoms with Crippen molar-refractivity contribution in [2.75, 3.05) is 19.7 Å². The predicted molar refractivity (Wildman–Crippen MR) is 97.1 cm³/mol. The van der Waals surface area contributed by atoms with Gasteiger partial charge in [-0.2, -0.15) is 0 Å². The molecule has 0 saturated carbocycles. The minimum absolute atomic E-state index is 0.119. The highest BCUT2D eigenvalue weighted by Gasteiger charge is 2.28. The highest BCUT2D eigenvalue weighted by Crippen LogP contribution is 2.23. The van der Waals surface area contributed by atoms with Crippen molar-refractivity contribution in [3.63, 3.8) is 0 Å². The number of hydrogen-bond acceptors (Lipinski definition) is 3. The van der Waals surface area contributed by atoms with Gasteiger partial charge in [-0.15, -0.1) is 0 Å². The molecule has 1 saturated heterocycles. The topological polar surface area (TPSA) is 47.4 Å². The van der Waals surface area contributed by atoms with E-state index in [-0.39, 0.29) is 11.8 Å². The van der Waals surface area contributed by atoms with Crippen LogP contribution in [-0.4, -0.2) is 40.1 Å². The maximum absolute atomic E-state index is 12.8. The van der Waals surface area contributed by atoms with Crippen LogP contribution in [0.4, 0.5) is 0 Å². The number of nitrogens with zero attached hydrogens (tertiary/aromatic N) is 3. The monoisotopic (exact) mass is 341 g/mol. The summed E-state index contributed by atoms with van der Waals surface area (Å²) < 4.78 is 7.94. The fraction of sp³-hybridized carbons (Fsp3) is 0.500. The molecule has 1 fully saturated rings. The van der Waals surface area contributed by atoms with E-state index < -0.39 is 0 Å². The Hall–Kier alpha value is -2.14. The van der Waals surface area contributed by atoms with Crippen molar-refractivity contribution in [1.29, 1.82) is 0 Å². The number of carbonyl (C=O) groups is 1. The van der Waals surface area contributed by atoms with Gasteiger partial charge in [-0.1, -0.05) is 37.3 Å². The standard InChI is InChI=1S/C20H27N3O2/c1-16(14-25-15-18-7-4-3-5-8-18)20(24)22-11-6-9-19(13-22)23-12-10-21-17(23)2/h3-5,7-8,10,12,16,19H,6,9,11,13-15H2,1-2H3/t16-,19-/m1/s1. The lowest BCUT2D eigenvalue weighted by molar-refractivity contribution is -0.138. The van der Waals surface area contributed by atoms with Crippen molar-refractivity contribution in [3.05, 3.63) is 54.1 Å². The average Bonchev–Trinajstić information content (AvgIpc) is 3.08. The number of rotatable bonds is 6. The lowest BCUT2D eigenvalue weighted by atomic mass is 10.0. The molecule has 1 aromatic heterocycles. The Morgan fingerprint density at radius 1 is 1.36 bits per heavy atom. The van der Waals surface area contributed by atoms with Gasteiger partial charge in [0.1, 0.15) is 5.82 Å². The number of hydrogen-bond donors (Lipinski definition) is 0. The molecule has 2 atom stereocenters. The van der Waals surface area contributed by atoms with Crippen molar-refractivity contribution in [1.82, 2.24) is 14.5 Å². The first-order valence-electron chi connectivity index (χ1n) is 9.05. The summed E-state index contributed by atoms with van der Waals surface area (Å²) in [6.07, 6.45) is 5.97. The Morgan fingerprint density at radius 3 is 2.88 bits per heavy atom. The second-order valence-corrected chi connectivity index (χ2v) is 6.86. The van der Waals surface area contributed by atoms with E-state index in [1.807, 2.05) is 61.5 Å². The molecule has 0 spiro atoms. The number of aromatic nitrogens is 2. The van der Waals surface area contributed by atoms with Crippen LogP contribution in [0.3, 0.4) is 0 Å². The van der Waals surface area contributed by atoms with Crippen LogP contribution in [0.1, 0.15) is 37.2 Å². The Morgan fingerprint density at radius 2 is 2.16 bits per heavy atom. The molecule has 3 rings (SSSR count). The van der Waals surface area contributed by atoms with Crippen molar-refractivity contribution < 1.29 is 9.53 Å². The van der Waals surface area contributed by atoms with Gasteiger partial charge in [-0.25, -0.2) is 4.98 Å². The van der Waals surface area contributed by atoms with E-state index in [2.05, 4.69) is 9.55 Å². The van der Waals surface area contributed by atoms with Crippen LogP contribution in [0.2, 0.25) is 0 Å². The summed E-state index contributed by atoms with van der Waals surface area (Å²) in [6.45, 7) is 6.58. The van der Waals surface area contributed by atoms with Crippen molar-refractivity contribution in [2.45, 2.75) is 39.3 Å². The number of ether oxygens (including phenoxy) is 1. The molecule has 1 aromatic carbocycles. The highest BCUT2D eigenvalue weighted by atomic mass is 16.5. The van der Waals surface area contributed by atoms with Gasteiger partial charge in [0.15, 0.2) is 0 Å². The molecule has 2 heterocycles. The van der Waals surface area contributed by atoms with Crippen LogP contribution in [-0.2, 0) is 16.1 Å². The third kappa shape index (κ3) is 4.48. The van der Waals surface area contributed by atoms with Crippen molar-refractivity contribution >= 4 is 5.91 Å². The zero-order chi connectivity index (χ0) is 17.6. The van der Waals surface area contributed by atoms with E-state index in [1.54, 1.807) is 0 Å². The molecule has 0 aliphatic carbocycles. The second-order valence-electron chi connectivity index (χ2n) is 6.86. The summed E-state index contributed by atoms with van der Waals surface area (Å²) in [4.78, 5) is 19.1. The molecule has 0 unspecified atom stereocenters. The van der Waals surface area contributed by atoms with Crippen LogP contribution in [0.5, 0.6) is 0 Å². The minimum atomic E-state index is -0.119. The molecule has 0 radical (unpaired) electrons. The molecule has 2 aromatic rings. The Balaban J connectivity index is 1.50. The number of imidazole rings is 1. The summed E-state index contributed by atoms with van der Waals surface area (Å²) in [5.41, 5.74) is 1.13. The van der Waals surface area contributed by atoms with Gasteiger partial charge in [0.25, 0.3) is 0 Å². The molecule has 1 aliphatic rings. The number of likely N-dealkylation sites (tertiary alicyclic amines) is 1. The number of aryl methyl sites for hydroxylation is 1. The summed E-state index contributed by atoms with van der Waals surface area (Å²) in [6, 6.07) is 10.4. The van der Waals surface area contributed by atoms with E-state index in [1.165, 1.54) is 0 Å². The summed E-state index contributed by atoms with van der Waals surface area (Å²) in [7, 11) is 0. The van der Waals surface area contributed by atoms with Gasteiger partial charge in [0, 0.05) is 25.5 Å². The van der Waals surface area contributed by atoms with Crippen LogP contribution < -0.4 is 0 Å². The number of carbonyl (C=O) groups excluding carboxylic acids is 1. The molecule has 5 heteroatoms. The van der Waals surface area contributed by atoms with Crippen LogP contribution in [0, 0.1) is 12.8 Å². The Labute approximate surface area is 149 Å². The number of benzene rings is 1. The maximum atomic E-state index is 12.8.